The number of hydrogen-bond donors (Lipinski definition) is 0. The van der Waals surface area contributed by atoms with Crippen molar-refractivity contribution >= 4 is 11.6 Å². The van der Waals surface area contributed by atoms with Crippen molar-refractivity contribution in [3.8, 4) is 0 Å². The minimum Gasteiger partial charge on any atom is -0.382 e. The Kier molecular flexibility index (Phi) is 4.47. The van der Waals surface area contributed by atoms with Gasteiger partial charge in [-0.25, -0.2) is 4.68 Å². The van der Waals surface area contributed by atoms with E-state index in [2.05, 4.69) is 29.4 Å². The van der Waals surface area contributed by atoms with Crippen LogP contribution in [0.5, 0.6) is 0 Å². The third-order valence-corrected chi connectivity index (χ3v) is 2.49. The van der Waals surface area contributed by atoms with Gasteiger partial charge < -0.3 is 4.74 Å². The van der Waals surface area contributed by atoms with Crippen LogP contribution in [0, 0.1) is 5.92 Å². The van der Waals surface area contributed by atoms with E-state index in [4.69, 9.17) is 16.3 Å². The maximum atomic E-state index is 5.99. The molecule has 0 amide bonds. The minimum atomic E-state index is -0.196. The summed E-state index contributed by atoms with van der Waals surface area (Å²) in [6, 6.07) is 0.126. The van der Waals surface area contributed by atoms with E-state index in [0.29, 0.717) is 18.3 Å². The summed E-state index contributed by atoms with van der Waals surface area (Å²) < 4.78 is 6.92. The van der Waals surface area contributed by atoms with Gasteiger partial charge >= 0.3 is 0 Å². The number of nitrogens with zero attached hydrogens (tertiary/aromatic N) is 4. The normalized spacial score (nSPS) is 15.6. The van der Waals surface area contributed by atoms with Crippen molar-refractivity contribution in [3.63, 3.8) is 0 Å². The van der Waals surface area contributed by atoms with E-state index in [0.717, 1.165) is 0 Å². The average Bonchev–Trinajstić information content (AvgIpc) is 2.61. The second kappa shape index (κ2) is 5.42. The van der Waals surface area contributed by atoms with Gasteiger partial charge in [-0.05, 0) is 23.3 Å². The summed E-state index contributed by atoms with van der Waals surface area (Å²) in [6.45, 7) is 6.65. The number of rotatable bonds is 5. The highest BCUT2D eigenvalue weighted by atomic mass is 35.5. The van der Waals surface area contributed by atoms with Gasteiger partial charge in [0.1, 0.15) is 0 Å². The van der Waals surface area contributed by atoms with E-state index >= 15 is 0 Å². The van der Waals surface area contributed by atoms with Crippen LogP contribution in [0.4, 0.5) is 0 Å². The Bertz CT molecular complexity index is 300. The quantitative estimate of drug-likeness (QED) is 0.727. The molecule has 2 atom stereocenters. The van der Waals surface area contributed by atoms with E-state index in [1.165, 1.54) is 0 Å². The van der Waals surface area contributed by atoms with Gasteiger partial charge in [0.15, 0.2) is 5.82 Å². The Morgan fingerprint density at radius 1 is 1.40 bits per heavy atom. The predicted molar refractivity (Wildman–Crippen MR) is 57.8 cm³/mol. The van der Waals surface area contributed by atoms with Gasteiger partial charge in [0.2, 0.25) is 0 Å². The first-order chi connectivity index (χ1) is 7.07. The molecule has 1 aromatic heterocycles. The molecule has 0 saturated heterocycles. The maximum Gasteiger partial charge on any atom is 0.169 e. The first-order valence-electron chi connectivity index (χ1n) is 4.98. The summed E-state index contributed by atoms with van der Waals surface area (Å²) in [5.74, 6) is 1.08. The zero-order chi connectivity index (χ0) is 11.4. The van der Waals surface area contributed by atoms with Crippen LogP contribution in [-0.4, -0.2) is 33.9 Å². The highest BCUT2D eigenvalue weighted by molar-refractivity contribution is 6.20. The number of hydrogen-bond acceptors (Lipinski definition) is 4. The molecule has 15 heavy (non-hydrogen) atoms. The second-order valence-corrected chi connectivity index (χ2v) is 4.52. The number of tetrazole rings is 1. The van der Waals surface area contributed by atoms with E-state index in [9.17, 15) is 0 Å². The largest absolute Gasteiger partial charge is 0.382 e. The molecular formula is C9H17ClN4O. The number of halogens is 1. The molecular weight excluding hydrogens is 216 g/mol. The van der Waals surface area contributed by atoms with Gasteiger partial charge in [0.05, 0.1) is 18.0 Å². The molecule has 1 rings (SSSR count). The zero-order valence-electron chi connectivity index (χ0n) is 9.51. The van der Waals surface area contributed by atoms with Crippen LogP contribution in [0.15, 0.2) is 0 Å². The lowest BCUT2D eigenvalue weighted by atomic mass is 10.1. The summed E-state index contributed by atoms with van der Waals surface area (Å²) in [5, 5.41) is 11.3. The Balaban J connectivity index is 2.94. The fourth-order valence-corrected chi connectivity index (χ4v) is 1.56. The molecule has 0 N–H and O–H groups in total. The van der Waals surface area contributed by atoms with Gasteiger partial charge in [-0.3, -0.25) is 0 Å². The van der Waals surface area contributed by atoms with Gasteiger partial charge in [0, 0.05) is 7.11 Å². The first-order valence-corrected chi connectivity index (χ1v) is 5.42. The van der Waals surface area contributed by atoms with Gasteiger partial charge in [-0.2, -0.15) is 0 Å². The van der Waals surface area contributed by atoms with Crippen LogP contribution in [-0.2, 0) is 4.74 Å². The number of alkyl halides is 1. The molecule has 1 aromatic rings. The van der Waals surface area contributed by atoms with Crippen LogP contribution in [0.2, 0.25) is 0 Å². The Morgan fingerprint density at radius 3 is 2.53 bits per heavy atom. The van der Waals surface area contributed by atoms with Crippen molar-refractivity contribution in [2.75, 3.05) is 13.7 Å². The molecule has 0 radical (unpaired) electrons. The Labute approximate surface area is 94.8 Å². The molecule has 0 spiro atoms. The lowest BCUT2D eigenvalue weighted by Crippen LogP contribution is -2.23. The highest BCUT2D eigenvalue weighted by Crippen LogP contribution is 2.23. The smallest absolute Gasteiger partial charge is 0.169 e. The van der Waals surface area contributed by atoms with Gasteiger partial charge in [-0.1, -0.05) is 13.8 Å². The fraction of sp³-hybridized carbons (Fsp3) is 0.889. The third-order valence-electron chi connectivity index (χ3n) is 2.30. The number of methoxy groups -OCH3 is 1. The highest BCUT2D eigenvalue weighted by Gasteiger charge is 2.22. The lowest BCUT2D eigenvalue weighted by molar-refractivity contribution is 0.123. The van der Waals surface area contributed by atoms with Crippen molar-refractivity contribution in [1.29, 1.82) is 0 Å². The number of aromatic nitrogens is 4. The Hall–Kier alpha value is -0.680. The minimum absolute atomic E-state index is 0.126. The van der Waals surface area contributed by atoms with E-state index in [1.807, 2.05) is 6.92 Å². The molecule has 2 unspecified atom stereocenters. The summed E-state index contributed by atoms with van der Waals surface area (Å²) >= 11 is 5.99. The van der Waals surface area contributed by atoms with Crippen molar-refractivity contribution in [1.82, 2.24) is 20.2 Å². The van der Waals surface area contributed by atoms with Crippen molar-refractivity contribution < 1.29 is 4.74 Å². The summed E-state index contributed by atoms with van der Waals surface area (Å²) in [7, 11) is 1.67. The van der Waals surface area contributed by atoms with Crippen molar-refractivity contribution in [2.24, 2.45) is 5.92 Å². The molecule has 0 aromatic carbocycles. The lowest BCUT2D eigenvalue weighted by Gasteiger charge is -2.21. The molecule has 0 aliphatic rings. The molecule has 0 bridgehead atoms. The molecule has 0 fully saturated rings. The van der Waals surface area contributed by atoms with Gasteiger partial charge in [-0.15, -0.1) is 16.7 Å². The van der Waals surface area contributed by atoms with E-state index in [1.54, 1.807) is 11.8 Å². The van der Waals surface area contributed by atoms with Crippen molar-refractivity contribution in [3.05, 3.63) is 5.82 Å². The standard InChI is InChI=1S/C9H17ClN4O/c1-6(2)8(5-15-4)14-9(7(3)10)11-12-13-14/h6-8H,5H2,1-4H3. The molecule has 1 heterocycles. The Morgan fingerprint density at radius 2 is 2.07 bits per heavy atom. The third kappa shape index (κ3) is 2.89. The second-order valence-electron chi connectivity index (χ2n) is 3.86. The van der Waals surface area contributed by atoms with Crippen molar-refractivity contribution in [2.45, 2.75) is 32.2 Å². The van der Waals surface area contributed by atoms with Crippen LogP contribution in [0.1, 0.15) is 38.0 Å². The summed E-state index contributed by atoms with van der Waals surface area (Å²) in [4.78, 5) is 0. The molecule has 0 saturated carbocycles. The van der Waals surface area contributed by atoms with E-state index in [-0.39, 0.29) is 11.4 Å². The van der Waals surface area contributed by atoms with Crippen LogP contribution < -0.4 is 0 Å². The SMILES string of the molecule is COCC(C(C)C)n1nnnc1C(C)Cl. The molecule has 0 aliphatic carbocycles. The monoisotopic (exact) mass is 232 g/mol. The average molecular weight is 233 g/mol. The van der Waals surface area contributed by atoms with Crippen LogP contribution in [0.25, 0.3) is 0 Å². The summed E-state index contributed by atoms with van der Waals surface area (Å²) in [5.41, 5.74) is 0. The predicted octanol–water partition coefficient (Wildman–Crippen LogP) is 1.82. The zero-order valence-corrected chi connectivity index (χ0v) is 10.3. The molecule has 86 valence electrons. The summed E-state index contributed by atoms with van der Waals surface area (Å²) in [6.07, 6.45) is 0. The topological polar surface area (TPSA) is 52.8 Å². The first kappa shape index (κ1) is 12.4. The maximum absolute atomic E-state index is 5.99. The van der Waals surface area contributed by atoms with Crippen LogP contribution >= 0.6 is 11.6 Å². The molecule has 6 heteroatoms. The number of ether oxygens (including phenoxy) is 1. The van der Waals surface area contributed by atoms with Crippen LogP contribution in [0.3, 0.4) is 0 Å². The fourth-order valence-electron chi connectivity index (χ4n) is 1.41. The molecule has 5 nitrogen and oxygen atoms in total. The molecule has 0 aliphatic heterocycles. The van der Waals surface area contributed by atoms with E-state index < -0.39 is 0 Å². The van der Waals surface area contributed by atoms with Gasteiger partial charge in [0.25, 0.3) is 0 Å².